The number of nitrogens with zero attached hydrogens (tertiary/aromatic N) is 1. The van der Waals surface area contributed by atoms with Crippen LogP contribution in [0.2, 0.25) is 5.02 Å². The van der Waals surface area contributed by atoms with Gasteiger partial charge in [0.15, 0.2) is 5.78 Å². The van der Waals surface area contributed by atoms with E-state index < -0.39 is 29.6 Å². The van der Waals surface area contributed by atoms with Crippen LogP contribution in [0.4, 0.5) is 0 Å². The molecule has 32 heavy (non-hydrogen) atoms. The Morgan fingerprint density at radius 3 is 2.50 bits per heavy atom. The molecule has 3 aromatic rings. The van der Waals surface area contributed by atoms with Crippen LogP contribution in [0.25, 0.3) is 0 Å². The van der Waals surface area contributed by atoms with Crippen molar-refractivity contribution in [3.63, 3.8) is 0 Å². The predicted octanol–water partition coefficient (Wildman–Crippen LogP) is 5.37. The van der Waals surface area contributed by atoms with Gasteiger partial charge in [-0.2, -0.15) is 0 Å². The number of aromatic hydroxyl groups is 1. The number of rotatable bonds is 4. The van der Waals surface area contributed by atoms with Crippen LogP contribution in [0.15, 0.2) is 66.7 Å². The molecule has 3 aromatic carbocycles. The molecule has 0 bridgehead atoms. The third-order valence-electron chi connectivity index (χ3n) is 5.68. The van der Waals surface area contributed by atoms with E-state index in [4.69, 9.17) is 11.6 Å². The van der Waals surface area contributed by atoms with E-state index in [1.807, 2.05) is 6.07 Å². The summed E-state index contributed by atoms with van der Waals surface area (Å²) in [6.07, 6.45) is 0. The zero-order valence-corrected chi connectivity index (χ0v) is 19.5. The minimum Gasteiger partial charge on any atom is -0.784 e. The number of carboxylic acids is 1. The minimum atomic E-state index is -1.35. The molecule has 1 aliphatic rings. The highest BCUT2D eigenvalue weighted by atomic mass is 127. The molecule has 0 spiro atoms. The molecule has 0 saturated carbocycles. The Hall–Kier alpha value is -2.46. The smallest absolute Gasteiger partial charge is 0.311 e. The van der Waals surface area contributed by atoms with Crippen LogP contribution in [0.5, 0.6) is 5.75 Å². The van der Waals surface area contributed by atoms with Crippen molar-refractivity contribution in [2.45, 2.75) is 18.5 Å². The fourth-order valence-corrected chi connectivity index (χ4v) is 4.89. The van der Waals surface area contributed by atoms with E-state index in [1.165, 1.54) is 18.2 Å². The van der Waals surface area contributed by atoms with E-state index in [9.17, 15) is 25.0 Å². The van der Waals surface area contributed by atoms with Gasteiger partial charge in [0.05, 0.1) is 11.8 Å². The van der Waals surface area contributed by atoms with Crippen molar-refractivity contribution in [2.75, 3.05) is 0 Å². The highest BCUT2D eigenvalue weighted by molar-refractivity contribution is 14.1. The summed E-state index contributed by atoms with van der Waals surface area (Å²) < 4.78 is 0.806. The fraction of sp³-hybridized carbons (Fsp3) is 0.167. The van der Waals surface area contributed by atoms with Gasteiger partial charge < -0.3 is 20.5 Å². The van der Waals surface area contributed by atoms with Gasteiger partial charge in [-0.1, -0.05) is 41.9 Å². The monoisotopic (exact) mass is 562 g/mol. The summed E-state index contributed by atoms with van der Waals surface area (Å²) in [5.74, 6) is -4.38. The van der Waals surface area contributed by atoms with Gasteiger partial charge in [0.1, 0.15) is 5.75 Å². The number of phenols is 1. The van der Waals surface area contributed by atoms with E-state index in [0.717, 1.165) is 8.63 Å². The molecule has 0 saturated heterocycles. The maximum Gasteiger partial charge on any atom is 0.311 e. The van der Waals surface area contributed by atoms with Crippen molar-refractivity contribution in [3.8, 4) is 5.75 Å². The maximum absolute atomic E-state index is 13.9. The molecule has 0 amide bonds. The number of hydroxylamine groups is 2. The Bertz CT molecular complexity index is 1180. The predicted molar refractivity (Wildman–Crippen MR) is 129 cm³/mol. The lowest BCUT2D eigenvalue weighted by atomic mass is 9.75. The Balaban J connectivity index is 1.95. The van der Waals surface area contributed by atoms with Crippen molar-refractivity contribution in [3.05, 3.63) is 103 Å². The molecule has 0 radical (unpaired) electrons. The summed E-state index contributed by atoms with van der Waals surface area (Å²) in [6.45, 7) is -0.0613. The van der Waals surface area contributed by atoms with E-state index in [2.05, 4.69) is 22.6 Å². The van der Waals surface area contributed by atoms with E-state index in [-0.39, 0.29) is 17.9 Å². The normalized spacial score (nSPS) is 19.8. The van der Waals surface area contributed by atoms with Crippen LogP contribution in [-0.4, -0.2) is 27.0 Å². The van der Waals surface area contributed by atoms with Crippen LogP contribution >= 0.6 is 34.2 Å². The van der Waals surface area contributed by atoms with Crippen molar-refractivity contribution in [1.82, 2.24) is 5.06 Å². The molecule has 1 aliphatic heterocycles. The van der Waals surface area contributed by atoms with Crippen LogP contribution < -0.4 is 0 Å². The van der Waals surface area contributed by atoms with E-state index in [1.54, 1.807) is 42.5 Å². The molecule has 0 fully saturated rings. The van der Waals surface area contributed by atoms with Crippen LogP contribution in [0.1, 0.15) is 39.0 Å². The number of carbonyl (C=O) groups is 2. The second-order valence-corrected chi connectivity index (χ2v) is 9.36. The molecule has 8 heteroatoms. The quantitative estimate of drug-likeness (QED) is 0.415. The van der Waals surface area contributed by atoms with Gasteiger partial charge in [-0.25, -0.2) is 0 Å². The summed E-state index contributed by atoms with van der Waals surface area (Å²) in [7, 11) is 0. The van der Waals surface area contributed by atoms with E-state index >= 15 is 0 Å². The average Bonchev–Trinajstić information content (AvgIpc) is 2.84. The first-order valence-corrected chi connectivity index (χ1v) is 11.3. The molecule has 0 aliphatic carbocycles. The third-order valence-corrected chi connectivity index (χ3v) is 6.61. The Kier molecular flexibility index (Phi) is 6.52. The van der Waals surface area contributed by atoms with Gasteiger partial charge >= 0.3 is 5.97 Å². The Morgan fingerprint density at radius 1 is 1.12 bits per heavy atom. The van der Waals surface area contributed by atoms with Crippen molar-refractivity contribution < 1.29 is 19.8 Å². The SMILES string of the molecule is O=C(O)C(c1cccc(O)c1)C1C(=O)c2cc(I)ccc2CN([O-])C1c1ccc(Cl)cc1. The number of carboxylic acid groups (broad SMARTS) is 1. The number of hydrogen-bond acceptors (Lipinski definition) is 5. The van der Waals surface area contributed by atoms with E-state index in [0.29, 0.717) is 21.7 Å². The number of carbonyl (C=O) groups excluding carboxylic acids is 1. The Labute approximate surface area is 203 Å². The van der Waals surface area contributed by atoms with Crippen LogP contribution in [0, 0.1) is 14.7 Å². The molecule has 0 aromatic heterocycles. The third kappa shape index (κ3) is 4.38. The van der Waals surface area contributed by atoms with Gasteiger partial charge in [-0.15, -0.1) is 0 Å². The molecule has 2 N–H and O–H groups in total. The van der Waals surface area contributed by atoms with Crippen LogP contribution in [0.3, 0.4) is 0 Å². The Morgan fingerprint density at radius 2 is 1.84 bits per heavy atom. The van der Waals surface area contributed by atoms with Crippen molar-refractivity contribution in [2.24, 2.45) is 5.92 Å². The highest BCUT2D eigenvalue weighted by Crippen LogP contribution is 2.44. The number of benzene rings is 3. The lowest BCUT2D eigenvalue weighted by molar-refractivity contribution is -0.140. The average molecular weight is 563 g/mol. The van der Waals surface area contributed by atoms with Crippen molar-refractivity contribution >= 4 is 45.9 Å². The molecule has 3 atom stereocenters. The number of hydrogen-bond donors (Lipinski definition) is 2. The van der Waals surface area contributed by atoms with Gasteiger partial charge in [0.25, 0.3) is 0 Å². The first-order valence-electron chi connectivity index (χ1n) is 9.80. The summed E-state index contributed by atoms with van der Waals surface area (Å²) in [5, 5.41) is 34.8. The zero-order chi connectivity index (χ0) is 23.0. The van der Waals surface area contributed by atoms with Crippen molar-refractivity contribution in [1.29, 1.82) is 0 Å². The number of fused-ring (bicyclic) bond motifs is 1. The largest absolute Gasteiger partial charge is 0.784 e. The van der Waals surface area contributed by atoms with Gasteiger partial charge in [-0.05, 0) is 75.7 Å². The maximum atomic E-state index is 13.9. The molecule has 6 nitrogen and oxygen atoms in total. The molecule has 1 heterocycles. The summed E-state index contributed by atoms with van der Waals surface area (Å²) in [4.78, 5) is 26.4. The minimum absolute atomic E-state index is 0.0613. The summed E-state index contributed by atoms with van der Waals surface area (Å²) in [5.41, 5.74) is 1.63. The number of Topliss-reactive ketones (excluding diaryl/α,β-unsaturated/α-hetero) is 1. The summed E-state index contributed by atoms with van der Waals surface area (Å²) >= 11 is 8.10. The standard InChI is InChI=1S/C24H18ClINO5/c25-16-7-4-13(5-8-16)22-21(20(24(30)31)14-2-1-3-18(28)10-14)23(29)19-11-17(26)9-6-15(19)12-27(22)32/h1-11,20-22,28H,12H2,(H,30,31)/q-1. The lowest BCUT2D eigenvalue weighted by Crippen LogP contribution is -2.37. The number of halogens is 2. The second kappa shape index (κ2) is 9.19. The topological polar surface area (TPSA) is 101 Å². The fourth-order valence-electron chi connectivity index (χ4n) is 4.27. The molecule has 4 rings (SSSR count). The molecule has 3 unspecified atom stereocenters. The molecular formula is C24H18ClINO5-. The number of aliphatic carboxylic acids is 1. The molecular weight excluding hydrogens is 545 g/mol. The van der Waals surface area contributed by atoms with Gasteiger partial charge in [0.2, 0.25) is 0 Å². The number of ketones is 1. The second-order valence-electron chi connectivity index (χ2n) is 7.67. The number of phenolic OH excluding ortho intramolecular Hbond substituents is 1. The first kappa shape index (κ1) is 22.7. The van der Waals surface area contributed by atoms with Gasteiger partial charge in [-0.3, -0.25) is 9.59 Å². The highest BCUT2D eigenvalue weighted by Gasteiger charge is 2.44. The molecule has 164 valence electrons. The van der Waals surface area contributed by atoms with Gasteiger partial charge in [0, 0.05) is 26.7 Å². The van der Waals surface area contributed by atoms with Crippen LogP contribution in [-0.2, 0) is 11.3 Å². The summed E-state index contributed by atoms with van der Waals surface area (Å²) in [6, 6.07) is 16.5. The first-order chi connectivity index (χ1) is 15.3. The lowest BCUT2D eigenvalue weighted by Gasteiger charge is -2.41. The zero-order valence-electron chi connectivity index (χ0n) is 16.6.